The highest BCUT2D eigenvalue weighted by atomic mass is 16.2. The summed E-state index contributed by atoms with van der Waals surface area (Å²) in [6.07, 6.45) is 3.34. The van der Waals surface area contributed by atoms with Crippen LogP contribution in [0.1, 0.15) is 33.1 Å². The number of rotatable bonds is 2. The molecule has 0 aromatic carbocycles. The van der Waals surface area contributed by atoms with E-state index in [9.17, 15) is 4.79 Å². The van der Waals surface area contributed by atoms with Crippen LogP contribution in [-0.2, 0) is 4.79 Å². The van der Waals surface area contributed by atoms with E-state index in [1.807, 2.05) is 0 Å². The maximum Gasteiger partial charge on any atom is 0.226 e. The molecule has 2 aliphatic rings. The number of carbonyl (C=O) groups excluding carboxylic acids is 1. The molecule has 1 aliphatic heterocycles. The van der Waals surface area contributed by atoms with Gasteiger partial charge in [0, 0.05) is 18.0 Å². The lowest BCUT2D eigenvalue weighted by Gasteiger charge is -2.44. The highest BCUT2D eigenvalue weighted by Crippen LogP contribution is 2.46. The van der Waals surface area contributed by atoms with E-state index in [-0.39, 0.29) is 11.3 Å². The van der Waals surface area contributed by atoms with Gasteiger partial charge in [-0.15, -0.1) is 0 Å². The maximum atomic E-state index is 12.0. The molecule has 0 aromatic heterocycles. The van der Waals surface area contributed by atoms with Crippen LogP contribution in [0.2, 0.25) is 0 Å². The molecular weight excluding hydrogens is 176 g/mol. The monoisotopic (exact) mass is 196 g/mol. The minimum absolute atomic E-state index is 0.0808. The van der Waals surface area contributed by atoms with Gasteiger partial charge in [-0.3, -0.25) is 4.79 Å². The molecule has 3 heteroatoms. The number of nitrogens with one attached hydrogen (secondary N) is 2. The van der Waals surface area contributed by atoms with Crippen molar-refractivity contribution in [2.75, 3.05) is 13.1 Å². The fourth-order valence-corrected chi connectivity index (χ4v) is 2.33. The van der Waals surface area contributed by atoms with Crippen LogP contribution in [0.3, 0.4) is 0 Å². The second-order valence-corrected chi connectivity index (χ2v) is 5.02. The van der Waals surface area contributed by atoms with Crippen LogP contribution < -0.4 is 10.6 Å². The lowest BCUT2D eigenvalue weighted by Crippen LogP contribution is -2.52. The SMILES string of the molecule is CC1CCC1(C)C(=O)N[C@H]1CCNC1. The van der Waals surface area contributed by atoms with Crippen molar-refractivity contribution in [2.24, 2.45) is 11.3 Å². The number of hydrogen-bond acceptors (Lipinski definition) is 2. The van der Waals surface area contributed by atoms with Gasteiger partial charge in [-0.2, -0.15) is 0 Å². The molecule has 3 nitrogen and oxygen atoms in total. The predicted molar refractivity (Wildman–Crippen MR) is 55.9 cm³/mol. The molecule has 2 fully saturated rings. The van der Waals surface area contributed by atoms with Gasteiger partial charge in [-0.05, 0) is 31.7 Å². The molecule has 0 radical (unpaired) electrons. The number of hydrogen-bond donors (Lipinski definition) is 2. The van der Waals surface area contributed by atoms with Crippen molar-refractivity contribution in [1.29, 1.82) is 0 Å². The summed E-state index contributed by atoms with van der Waals surface area (Å²) in [5.41, 5.74) is -0.0808. The minimum Gasteiger partial charge on any atom is -0.352 e. The predicted octanol–water partition coefficient (Wildman–Crippen LogP) is 0.901. The summed E-state index contributed by atoms with van der Waals surface area (Å²) in [6.45, 7) is 6.25. The largest absolute Gasteiger partial charge is 0.352 e. The molecule has 3 atom stereocenters. The Kier molecular flexibility index (Phi) is 2.52. The molecule has 1 amide bonds. The molecule has 1 saturated carbocycles. The van der Waals surface area contributed by atoms with Crippen LogP contribution in [-0.4, -0.2) is 25.0 Å². The average Bonchev–Trinajstić information content (AvgIpc) is 2.66. The van der Waals surface area contributed by atoms with Gasteiger partial charge in [0.25, 0.3) is 0 Å². The summed E-state index contributed by atoms with van der Waals surface area (Å²) >= 11 is 0. The first kappa shape index (κ1) is 9.97. The third-order valence-electron chi connectivity index (χ3n) is 4.10. The van der Waals surface area contributed by atoms with E-state index in [0.717, 1.165) is 25.9 Å². The van der Waals surface area contributed by atoms with E-state index in [4.69, 9.17) is 0 Å². The lowest BCUT2D eigenvalue weighted by molar-refractivity contribution is -0.139. The Morgan fingerprint density at radius 3 is 2.71 bits per heavy atom. The molecule has 14 heavy (non-hydrogen) atoms. The Hall–Kier alpha value is -0.570. The molecule has 0 spiro atoms. The van der Waals surface area contributed by atoms with Crippen LogP contribution in [0.5, 0.6) is 0 Å². The summed E-state index contributed by atoms with van der Waals surface area (Å²) in [4.78, 5) is 12.0. The lowest BCUT2D eigenvalue weighted by atomic mass is 9.61. The first-order chi connectivity index (χ1) is 6.63. The first-order valence-electron chi connectivity index (χ1n) is 5.64. The molecule has 0 bridgehead atoms. The fourth-order valence-electron chi connectivity index (χ4n) is 2.33. The quantitative estimate of drug-likeness (QED) is 0.689. The van der Waals surface area contributed by atoms with E-state index in [1.165, 1.54) is 6.42 Å². The van der Waals surface area contributed by atoms with Gasteiger partial charge in [-0.1, -0.05) is 13.8 Å². The fraction of sp³-hybridized carbons (Fsp3) is 0.909. The van der Waals surface area contributed by atoms with Gasteiger partial charge in [0.15, 0.2) is 0 Å². The zero-order valence-corrected chi connectivity index (χ0v) is 9.10. The van der Waals surface area contributed by atoms with Crippen LogP contribution in [0.15, 0.2) is 0 Å². The summed E-state index contributed by atoms with van der Waals surface area (Å²) in [5.74, 6) is 0.821. The Bertz CT molecular complexity index is 235. The molecule has 1 saturated heterocycles. The molecule has 80 valence electrons. The molecule has 2 rings (SSSR count). The molecular formula is C11H20N2O. The Balaban J connectivity index is 1.88. The summed E-state index contributed by atoms with van der Waals surface area (Å²) < 4.78 is 0. The standard InChI is InChI=1S/C11H20N2O/c1-8-3-5-11(8,2)10(14)13-9-4-6-12-7-9/h8-9,12H,3-7H2,1-2H3,(H,13,14)/t8?,9-,11?/m0/s1. The molecule has 1 heterocycles. The summed E-state index contributed by atoms with van der Waals surface area (Å²) in [5, 5.41) is 6.41. The molecule has 2 N–H and O–H groups in total. The van der Waals surface area contributed by atoms with Gasteiger partial charge in [0.2, 0.25) is 5.91 Å². The summed E-state index contributed by atoms with van der Waals surface area (Å²) in [6, 6.07) is 0.368. The Labute approximate surface area is 85.6 Å². The average molecular weight is 196 g/mol. The highest BCUT2D eigenvalue weighted by Gasteiger charge is 2.46. The van der Waals surface area contributed by atoms with Crippen molar-refractivity contribution in [3.8, 4) is 0 Å². The van der Waals surface area contributed by atoms with Crippen molar-refractivity contribution in [2.45, 2.75) is 39.2 Å². The van der Waals surface area contributed by atoms with E-state index in [1.54, 1.807) is 0 Å². The number of carbonyl (C=O) groups is 1. The maximum absolute atomic E-state index is 12.0. The van der Waals surface area contributed by atoms with Gasteiger partial charge in [-0.25, -0.2) is 0 Å². The third-order valence-corrected chi connectivity index (χ3v) is 4.10. The van der Waals surface area contributed by atoms with Gasteiger partial charge in [0.1, 0.15) is 0 Å². The van der Waals surface area contributed by atoms with Crippen molar-refractivity contribution < 1.29 is 4.79 Å². The van der Waals surface area contributed by atoms with Crippen molar-refractivity contribution >= 4 is 5.91 Å². The highest BCUT2D eigenvalue weighted by molar-refractivity contribution is 5.83. The topological polar surface area (TPSA) is 41.1 Å². The van der Waals surface area contributed by atoms with Gasteiger partial charge in [0.05, 0.1) is 0 Å². The van der Waals surface area contributed by atoms with Gasteiger partial charge >= 0.3 is 0 Å². The number of amides is 1. The normalized spacial score (nSPS) is 41.9. The zero-order chi connectivity index (χ0) is 10.2. The van der Waals surface area contributed by atoms with E-state index >= 15 is 0 Å². The summed E-state index contributed by atoms with van der Waals surface area (Å²) in [7, 11) is 0. The van der Waals surface area contributed by atoms with Crippen molar-refractivity contribution in [3.05, 3.63) is 0 Å². The Morgan fingerprint density at radius 2 is 2.29 bits per heavy atom. The third kappa shape index (κ3) is 1.54. The first-order valence-corrected chi connectivity index (χ1v) is 5.64. The smallest absolute Gasteiger partial charge is 0.226 e. The van der Waals surface area contributed by atoms with E-state index in [0.29, 0.717) is 12.0 Å². The van der Waals surface area contributed by atoms with E-state index in [2.05, 4.69) is 24.5 Å². The van der Waals surface area contributed by atoms with Crippen molar-refractivity contribution in [3.63, 3.8) is 0 Å². The Morgan fingerprint density at radius 1 is 1.50 bits per heavy atom. The van der Waals surface area contributed by atoms with Crippen LogP contribution in [0, 0.1) is 11.3 Å². The van der Waals surface area contributed by atoms with Gasteiger partial charge < -0.3 is 10.6 Å². The van der Waals surface area contributed by atoms with E-state index < -0.39 is 0 Å². The second kappa shape index (κ2) is 3.54. The molecule has 1 aliphatic carbocycles. The molecule has 0 aromatic rings. The van der Waals surface area contributed by atoms with Crippen LogP contribution in [0.25, 0.3) is 0 Å². The van der Waals surface area contributed by atoms with Crippen molar-refractivity contribution in [1.82, 2.24) is 10.6 Å². The minimum atomic E-state index is -0.0808. The zero-order valence-electron chi connectivity index (χ0n) is 9.10. The van der Waals surface area contributed by atoms with Crippen LogP contribution >= 0.6 is 0 Å². The molecule has 2 unspecified atom stereocenters. The van der Waals surface area contributed by atoms with Crippen LogP contribution in [0.4, 0.5) is 0 Å². The second-order valence-electron chi connectivity index (χ2n) is 5.02.